The van der Waals surface area contributed by atoms with Crippen molar-refractivity contribution in [1.82, 2.24) is 0 Å². The predicted octanol–water partition coefficient (Wildman–Crippen LogP) is 3.47. The minimum absolute atomic E-state index is 0.199. The van der Waals surface area contributed by atoms with E-state index in [0.717, 1.165) is 0 Å². The third-order valence-electron chi connectivity index (χ3n) is 1.66. The standard InChI is InChI=1S/C8H5BrClF3O3S/c9-7-2-1-6(10)3-5(7)4-16-17(14,15)8(11,12)13/h1-3H,4H2. The van der Waals surface area contributed by atoms with E-state index < -0.39 is 22.2 Å². The first-order valence-corrected chi connectivity index (χ1v) is 6.61. The van der Waals surface area contributed by atoms with Gasteiger partial charge in [-0.05, 0) is 23.8 Å². The maximum Gasteiger partial charge on any atom is 0.523 e. The molecule has 0 aliphatic carbocycles. The Bertz CT molecular complexity index is 515. The zero-order valence-corrected chi connectivity index (χ0v) is 11.1. The van der Waals surface area contributed by atoms with Gasteiger partial charge >= 0.3 is 15.6 Å². The monoisotopic (exact) mass is 352 g/mol. The third-order valence-corrected chi connectivity index (χ3v) is 3.66. The molecule has 0 aliphatic heterocycles. The highest BCUT2D eigenvalue weighted by Crippen LogP contribution is 2.27. The van der Waals surface area contributed by atoms with Gasteiger partial charge in [-0.15, -0.1) is 0 Å². The van der Waals surface area contributed by atoms with Crippen molar-refractivity contribution in [3.8, 4) is 0 Å². The molecule has 0 unspecified atom stereocenters. The second-order valence-corrected chi connectivity index (χ2v) is 5.80. The number of halogens is 5. The summed E-state index contributed by atoms with van der Waals surface area (Å²) in [5.41, 5.74) is -5.23. The van der Waals surface area contributed by atoms with E-state index >= 15 is 0 Å². The maximum absolute atomic E-state index is 12.0. The highest BCUT2D eigenvalue weighted by molar-refractivity contribution is 9.10. The Morgan fingerprint density at radius 2 is 1.94 bits per heavy atom. The molecule has 0 fully saturated rings. The van der Waals surface area contributed by atoms with E-state index in [1.54, 1.807) is 0 Å². The van der Waals surface area contributed by atoms with Crippen molar-refractivity contribution in [3.05, 3.63) is 33.3 Å². The molecule has 0 heterocycles. The quantitative estimate of drug-likeness (QED) is 0.617. The predicted molar refractivity (Wildman–Crippen MR) is 58.9 cm³/mol. The molecule has 0 atom stereocenters. The van der Waals surface area contributed by atoms with Gasteiger partial charge in [-0.3, -0.25) is 4.18 Å². The Hall–Kier alpha value is -0.310. The van der Waals surface area contributed by atoms with Crippen LogP contribution in [0.2, 0.25) is 5.02 Å². The molecule has 0 bridgehead atoms. The van der Waals surface area contributed by atoms with Gasteiger partial charge in [0, 0.05) is 9.50 Å². The van der Waals surface area contributed by atoms with Crippen LogP contribution in [0.25, 0.3) is 0 Å². The van der Waals surface area contributed by atoms with Crippen LogP contribution in [0.15, 0.2) is 22.7 Å². The molecule has 0 N–H and O–H groups in total. The highest BCUT2D eigenvalue weighted by atomic mass is 79.9. The zero-order chi connectivity index (χ0) is 13.3. The molecule has 0 radical (unpaired) electrons. The van der Waals surface area contributed by atoms with Gasteiger partial charge in [0.15, 0.2) is 0 Å². The highest BCUT2D eigenvalue weighted by Gasteiger charge is 2.47. The molecule has 3 nitrogen and oxygen atoms in total. The summed E-state index contributed by atoms with van der Waals surface area (Å²) in [6.45, 7) is -0.747. The van der Waals surface area contributed by atoms with Crippen molar-refractivity contribution in [1.29, 1.82) is 0 Å². The van der Waals surface area contributed by atoms with Crippen molar-refractivity contribution in [2.24, 2.45) is 0 Å². The second-order valence-electron chi connectivity index (χ2n) is 2.90. The van der Waals surface area contributed by atoms with Crippen LogP contribution >= 0.6 is 27.5 Å². The lowest BCUT2D eigenvalue weighted by molar-refractivity contribution is -0.0548. The maximum atomic E-state index is 12.0. The van der Waals surface area contributed by atoms with Crippen LogP contribution in [0.1, 0.15) is 5.56 Å². The average molecular weight is 354 g/mol. The number of alkyl halides is 3. The van der Waals surface area contributed by atoms with Gasteiger partial charge in [-0.25, -0.2) is 0 Å². The van der Waals surface area contributed by atoms with Gasteiger partial charge in [0.1, 0.15) is 0 Å². The normalized spacial score (nSPS) is 12.8. The first-order valence-electron chi connectivity index (χ1n) is 4.03. The number of rotatable bonds is 3. The summed E-state index contributed by atoms with van der Waals surface area (Å²) in [4.78, 5) is 0. The van der Waals surface area contributed by atoms with Crippen molar-refractivity contribution >= 4 is 37.6 Å². The van der Waals surface area contributed by atoms with Crippen molar-refractivity contribution in [2.45, 2.75) is 12.1 Å². The van der Waals surface area contributed by atoms with Crippen LogP contribution in [0, 0.1) is 0 Å². The molecule has 0 aliphatic rings. The SMILES string of the molecule is O=S(=O)(OCc1cc(Cl)ccc1Br)C(F)(F)F. The van der Waals surface area contributed by atoms with Crippen LogP contribution in [-0.2, 0) is 20.9 Å². The molecular weight excluding hydrogens is 349 g/mol. The Balaban J connectivity index is 2.85. The van der Waals surface area contributed by atoms with E-state index in [2.05, 4.69) is 20.1 Å². The smallest absolute Gasteiger partial charge is 0.258 e. The van der Waals surface area contributed by atoms with Gasteiger partial charge in [-0.1, -0.05) is 27.5 Å². The summed E-state index contributed by atoms with van der Waals surface area (Å²) in [5, 5.41) is 0.260. The molecule has 1 aromatic carbocycles. The van der Waals surface area contributed by atoms with Crippen LogP contribution < -0.4 is 0 Å². The molecule has 1 rings (SSSR count). The molecule has 96 valence electrons. The summed E-state index contributed by atoms with van der Waals surface area (Å²) in [5.74, 6) is 0. The molecule has 0 saturated heterocycles. The lowest BCUT2D eigenvalue weighted by Crippen LogP contribution is -2.25. The first kappa shape index (κ1) is 14.7. The minimum Gasteiger partial charge on any atom is -0.258 e. The molecule has 0 amide bonds. The zero-order valence-electron chi connectivity index (χ0n) is 7.96. The van der Waals surface area contributed by atoms with Gasteiger partial charge < -0.3 is 0 Å². The van der Waals surface area contributed by atoms with Crippen LogP contribution in [0.5, 0.6) is 0 Å². The summed E-state index contributed by atoms with van der Waals surface area (Å²) >= 11 is 8.64. The van der Waals surface area contributed by atoms with Gasteiger partial charge in [-0.2, -0.15) is 21.6 Å². The summed E-state index contributed by atoms with van der Waals surface area (Å²) in [6.07, 6.45) is 0. The molecule has 0 saturated carbocycles. The fourth-order valence-corrected chi connectivity index (χ4v) is 1.83. The lowest BCUT2D eigenvalue weighted by Gasteiger charge is -2.09. The van der Waals surface area contributed by atoms with Gasteiger partial charge in [0.25, 0.3) is 0 Å². The van der Waals surface area contributed by atoms with E-state index in [9.17, 15) is 21.6 Å². The van der Waals surface area contributed by atoms with E-state index in [0.29, 0.717) is 4.47 Å². The van der Waals surface area contributed by atoms with Crippen LogP contribution in [0.4, 0.5) is 13.2 Å². The lowest BCUT2D eigenvalue weighted by atomic mass is 10.2. The first-order chi connectivity index (χ1) is 7.63. The van der Waals surface area contributed by atoms with E-state index in [-0.39, 0.29) is 10.6 Å². The second kappa shape index (κ2) is 5.13. The molecule has 0 spiro atoms. The largest absolute Gasteiger partial charge is 0.523 e. The van der Waals surface area contributed by atoms with Crippen LogP contribution in [0.3, 0.4) is 0 Å². The third kappa shape index (κ3) is 3.84. The summed E-state index contributed by atoms with van der Waals surface area (Å²) in [7, 11) is -5.59. The number of hydrogen-bond acceptors (Lipinski definition) is 3. The van der Waals surface area contributed by atoms with E-state index in [1.165, 1.54) is 18.2 Å². The van der Waals surface area contributed by atoms with Crippen LogP contribution in [-0.4, -0.2) is 13.9 Å². The van der Waals surface area contributed by atoms with Crippen molar-refractivity contribution in [3.63, 3.8) is 0 Å². The van der Waals surface area contributed by atoms with Crippen molar-refractivity contribution < 1.29 is 25.8 Å². The molecule has 1 aromatic rings. The minimum atomic E-state index is -5.59. The molecule has 0 aromatic heterocycles. The molecule has 17 heavy (non-hydrogen) atoms. The Morgan fingerprint density at radius 1 is 1.35 bits per heavy atom. The average Bonchev–Trinajstić information content (AvgIpc) is 2.18. The van der Waals surface area contributed by atoms with Crippen molar-refractivity contribution in [2.75, 3.05) is 0 Å². The fraction of sp³-hybridized carbons (Fsp3) is 0.250. The van der Waals surface area contributed by atoms with Gasteiger partial charge in [0.2, 0.25) is 0 Å². The van der Waals surface area contributed by atoms with Gasteiger partial charge in [0.05, 0.1) is 6.61 Å². The Labute approximate surface area is 109 Å². The molecule has 9 heteroatoms. The Morgan fingerprint density at radius 3 is 2.47 bits per heavy atom. The van der Waals surface area contributed by atoms with E-state index in [4.69, 9.17) is 11.6 Å². The number of benzene rings is 1. The summed E-state index contributed by atoms with van der Waals surface area (Å²) < 4.78 is 61.4. The topological polar surface area (TPSA) is 43.4 Å². The fourth-order valence-electron chi connectivity index (χ4n) is 0.862. The molecular formula is C8H5BrClF3O3S. The summed E-state index contributed by atoms with van der Waals surface area (Å²) in [6, 6.07) is 4.27. The van der Waals surface area contributed by atoms with E-state index in [1.807, 2.05) is 0 Å². The Kier molecular flexibility index (Phi) is 4.45. The number of hydrogen-bond donors (Lipinski definition) is 0.